The second-order valence-electron chi connectivity index (χ2n) is 7.46. The minimum Gasteiger partial charge on any atom is -0.307 e. The lowest BCUT2D eigenvalue weighted by Crippen LogP contribution is -2.20. The van der Waals surface area contributed by atoms with Crippen LogP contribution in [0.1, 0.15) is 71.6 Å². The summed E-state index contributed by atoms with van der Waals surface area (Å²) in [5.41, 5.74) is 3.07. The monoisotopic (exact) mass is 456 g/mol. The van der Waals surface area contributed by atoms with Crippen LogP contribution in [0.2, 0.25) is 10.0 Å². The number of nitrogens with one attached hydrogen (secondary N) is 1. The molecular formula is C24H32Cl2F2N2. The van der Waals surface area contributed by atoms with Crippen molar-refractivity contribution in [2.75, 3.05) is 0 Å². The predicted molar refractivity (Wildman–Crippen MR) is 126 cm³/mol. The van der Waals surface area contributed by atoms with Crippen molar-refractivity contribution in [2.45, 2.75) is 72.5 Å². The first-order chi connectivity index (χ1) is 13.3. The van der Waals surface area contributed by atoms with E-state index in [0.29, 0.717) is 18.1 Å². The molecule has 2 aromatic rings. The maximum atomic E-state index is 12.9. The molecule has 2 nitrogen and oxygen atoms in total. The van der Waals surface area contributed by atoms with Crippen molar-refractivity contribution in [1.29, 1.82) is 0 Å². The Morgan fingerprint density at radius 3 is 2.03 bits per heavy atom. The Hall–Kier alpha value is -1.49. The standard InChI is InChI=1S/C11H13ClFN.C11H11ClFN.2CH4/c2*1-7-2-5-11(14-7)8-3-4-10(13)9(12)6-8;;/h3-4,6-7,11,14H,2,5H2,1H3;3-4,6-7H,2,5H2,1H3;2*1H4/t7-,11-;7-;;/m00../s1. The summed E-state index contributed by atoms with van der Waals surface area (Å²) in [6.07, 6.45) is 4.30. The van der Waals surface area contributed by atoms with Crippen molar-refractivity contribution in [1.82, 2.24) is 5.32 Å². The minimum atomic E-state index is -0.373. The van der Waals surface area contributed by atoms with E-state index in [9.17, 15) is 8.78 Å². The van der Waals surface area contributed by atoms with Crippen molar-refractivity contribution in [3.05, 3.63) is 69.2 Å². The van der Waals surface area contributed by atoms with Crippen LogP contribution in [0.15, 0.2) is 41.4 Å². The van der Waals surface area contributed by atoms with Crippen molar-refractivity contribution in [3.8, 4) is 0 Å². The van der Waals surface area contributed by atoms with E-state index in [0.717, 1.165) is 36.1 Å². The molecule has 1 saturated heterocycles. The molecule has 4 rings (SSSR count). The molecule has 0 aromatic heterocycles. The summed E-state index contributed by atoms with van der Waals surface area (Å²) in [5, 5.41) is 3.82. The number of rotatable bonds is 2. The largest absolute Gasteiger partial charge is 0.307 e. The van der Waals surface area contributed by atoms with Gasteiger partial charge in [0.05, 0.1) is 10.0 Å². The molecule has 6 heteroatoms. The smallest absolute Gasteiger partial charge is 0.141 e. The van der Waals surface area contributed by atoms with E-state index in [2.05, 4.69) is 24.2 Å². The molecule has 1 fully saturated rings. The zero-order valence-electron chi connectivity index (χ0n) is 16.0. The van der Waals surface area contributed by atoms with E-state index >= 15 is 0 Å². The maximum Gasteiger partial charge on any atom is 0.141 e. The number of aliphatic imine (C=N–C) groups is 1. The van der Waals surface area contributed by atoms with Crippen molar-refractivity contribution >= 4 is 28.9 Å². The van der Waals surface area contributed by atoms with Gasteiger partial charge in [-0.25, -0.2) is 8.78 Å². The fraction of sp³-hybridized carbons (Fsp3) is 0.458. The minimum absolute atomic E-state index is 0. The summed E-state index contributed by atoms with van der Waals surface area (Å²) in [7, 11) is 0. The highest BCUT2D eigenvalue weighted by Gasteiger charge is 2.22. The molecule has 3 atom stereocenters. The van der Waals surface area contributed by atoms with Crippen molar-refractivity contribution in [2.24, 2.45) is 4.99 Å². The zero-order chi connectivity index (χ0) is 20.3. The van der Waals surface area contributed by atoms with E-state index in [-0.39, 0.29) is 36.5 Å². The normalized spacial score (nSPS) is 22.3. The Morgan fingerprint density at radius 1 is 0.900 bits per heavy atom. The van der Waals surface area contributed by atoms with Gasteiger partial charge in [0.25, 0.3) is 0 Å². The Morgan fingerprint density at radius 2 is 1.53 bits per heavy atom. The van der Waals surface area contributed by atoms with Crippen LogP contribution in [0.5, 0.6) is 0 Å². The topological polar surface area (TPSA) is 24.4 Å². The summed E-state index contributed by atoms with van der Waals surface area (Å²) >= 11 is 11.4. The van der Waals surface area contributed by atoms with Gasteiger partial charge in [0.1, 0.15) is 11.6 Å². The molecule has 1 N–H and O–H groups in total. The van der Waals surface area contributed by atoms with Gasteiger partial charge in [0.2, 0.25) is 0 Å². The highest BCUT2D eigenvalue weighted by atomic mass is 35.5. The van der Waals surface area contributed by atoms with E-state index in [1.807, 2.05) is 0 Å². The fourth-order valence-corrected chi connectivity index (χ4v) is 3.92. The zero-order valence-corrected chi connectivity index (χ0v) is 17.5. The lowest BCUT2D eigenvalue weighted by atomic mass is 10.1. The Balaban J connectivity index is 0.000000281. The number of hydrogen-bond donors (Lipinski definition) is 1. The van der Waals surface area contributed by atoms with Gasteiger partial charge in [-0.15, -0.1) is 0 Å². The highest BCUT2D eigenvalue weighted by molar-refractivity contribution is 6.31. The summed E-state index contributed by atoms with van der Waals surface area (Å²) < 4.78 is 25.8. The lowest BCUT2D eigenvalue weighted by Gasteiger charge is -2.12. The molecule has 0 spiro atoms. The van der Waals surface area contributed by atoms with Crippen molar-refractivity contribution < 1.29 is 8.78 Å². The van der Waals surface area contributed by atoms with Crippen LogP contribution in [0, 0.1) is 11.6 Å². The summed E-state index contributed by atoms with van der Waals surface area (Å²) in [6, 6.07) is 11.0. The summed E-state index contributed by atoms with van der Waals surface area (Å²) in [6.45, 7) is 4.24. The Labute approximate surface area is 189 Å². The van der Waals surface area contributed by atoms with Crippen molar-refractivity contribution in [3.63, 3.8) is 0 Å². The number of nitrogens with zero attached hydrogens (tertiary/aromatic N) is 1. The average molecular weight is 457 g/mol. The molecule has 0 amide bonds. The molecule has 0 bridgehead atoms. The first kappa shape index (κ1) is 26.5. The number of halogens is 4. The molecule has 0 radical (unpaired) electrons. The van der Waals surface area contributed by atoms with Gasteiger partial charge < -0.3 is 5.32 Å². The van der Waals surface area contributed by atoms with E-state index in [1.54, 1.807) is 24.3 Å². The highest BCUT2D eigenvalue weighted by Crippen LogP contribution is 2.28. The molecule has 0 unspecified atom stereocenters. The van der Waals surface area contributed by atoms with E-state index < -0.39 is 0 Å². The van der Waals surface area contributed by atoms with Gasteiger partial charge in [-0.3, -0.25) is 4.99 Å². The van der Waals surface area contributed by atoms with Crippen LogP contribution < -0.4 is 5.32 Å². The predicted octanol–water partition coefficient (Wildman–Crippen LogP) is 8.01. The van der Waals surface area contributed by atoms with Crippen LogP contribution in [0.4, 0.5) is 8.78 Å². The number of benzene rings is 2. The first-order valence-electron chi connectivity index (χ1n) is 9.56. The third-order valence-electron chi connectivity index (χ3n) is 5.15. The molecule has 2 aromatic carbocycles. The molecule has 2 heterocycles. The van der Waals surface area contributed by atoms with Gasteiger partial charge in [-0.05, 0) is 74.9 Å². The SMILES string of the molecule is C.C.C[C@H]1CCC(c2ccc(F)c(Cl)c2)=N1.C[C@H]1CC[C@@H](c2ccc(F)c(Cl)c2)N1. The molecule has 0 saturated carbocycles. The third kappa shape index (κ3) is 6.76. The molecular weight excluding hydrogens is 425 g/mol. The van der Waals surface area contributed by atoms with Crippen LogP contribution in [0.25, 0.3) is 0 Å². The van der Waals surface area contributed by atoms with Crippen LogP contribution >= 0.6 is 23.2 Å². The molecule has 30 heavy (non-hydrogen) atoms. The average Bonchev–Trinajstić information content (AvgIpc) is 3.29. The summed E-state index contributed by atoms with van der Waals surface area (Å²) in [5.74, 6) is -0.719. The maximum absolute atomic E-state index is 12.9. The van der Waals surface area contributed by atoms with Crippen LogP contribution in [-0.4, -0.2) is 17.8 Å². The molecule has 2 aliphatic rings. The van der Waals surface area contributed by atoms with E-state index in [1.165, 1.54) is 18.6 Å². The lowest BCUT2D eigenvalue weighted by molar-refractivity contribution is 0.581. The van der Waals surface area contributed by atoms with Crippen LogP contribution in [-0.2, 0) is 0 Å². The summed E-state index contributed by atoms with van der Waals surface area (Å²) in [4.78, 5) is 4.47. The van der Waals surface area contributed by atoms with Gasteiger partial charge in [-0.1, -0.05) is 50.2 Å². The first-order valence-corrected chi connectivity index (χ1v) is 10.3. The number of hydrogen-bond acceptors (Lipinski definition) is 2. The molecule has 2 aliphatic heterocycles. The second-order valence-corrected chi connectivity index (χ2v) is 8.28. The third-order valence-corrected chi connectivity index (χ3v) is 5.73. The van der Waals surface area contributed by atoms with Crippen LogP contribution in [0.3, 0.4) is 0 Å². The molecule has 166 valence electrons. The molecule has 0 aliphatic carbocycles. The Kier molecular flexibility index (Phi) is 10.4. The van der Waals surface area contributed by atoms with E-state index in [4.69, 9.17) is 23.2 Å². The van der Waals surface area contributed by atoms with Gasteiger partial charge in [-0.2, -0.15) is 0 Å². The Bertz CT molecular complexity index is 870. The fourth-order valence-electron chi connectivity index (χ4n) is 3.55. The quantitative estimate of drug-likeness (QED) is 0.485. The second kappa shape index (κ2) is 11.8. The van der Waals surface area contributed by atoms with Gasteiger partial charge in [0, 0.05) is 23.8 Å². The van der Waals surface area contributed by atoms with Gasteiger partial charge in [0.15, 0.2) is 0 Å². The van der Waals surface area contributed by atoms with Gasteiger partial charge >= 0.3 is 0 Å².